The minimum atomic E-state index is -4.40. The molecular formula is C53H100O6STi. The number of carbonyl (C=O) groups is 1. The van der Waals surface area contributed by atoms with E-state index in [1.807, 2.05) is 20.8 Å². The van der Waals surface area contributed by atoms with Crippen LogP contribution >= 0.6 is 0 Å². The molecule has 0 atom stereocenters. The molecule has 8 heteroatoms. The van der Waals surface area contributed by atoms with E-state index < -0.39 is 10.1 Å². The van der Waals surface area contributed by atoms with Gasteiger partial charge in [0.25, 0.3) is 10.1 Å². The van der Waals surface area contributed by atoms with Crippen molar-refractivity contribution in [2.75, 3.05) is 6.61 Å². The summed E-state index contributed by atoms with van der Waals surface area (Å²) in [6.07, 6.45) is 42.4. The van der Waals surface area contributed by atoms with E-state index in [0.717, 1.165) is 88.5 Å². The summed E-state index contributed by atoms with van der Waals surface area (Å²) in [7, 11) is -4.40. The van der Waals surface area contributed by atoms with Crippen molar-refractivity contribution < 1.29 is 46.6 Å². The average Bonchev–Trinajstić information content (AvgIpc) is 3.22. The van der Waals surface area contributed by atoms with Gasteiger partial charge >= 0.3 is 23.7 Å². The van der Waals surface area contributed by atoms with Gasteiger partial charge in [-0.2, -0.15) is 8.42 Å². The summed E-state index contributed by atoms with van der Waals surface area (Å²) in [4.78, 5) is 13.5. The maximum absolute atomic E-state index is 13.5. The van der Waals surface area contributed by atoms with Crippen LogP contribution in [0.2, 0.25) is 0 Å². The Labute approximate surface area is 393 Å². The molecule has 0 aromatic carbocycles. The summed E-state index contributed by atoms with van der Waals surface area (Å²) in [5, 5.41) is 8.40. The molecule has 0 saturated heterocycles. The molecule has 1 aliphatic rings. The van der Waals surface area contributed by atoms with Crippen molar-refractivity contribution in [3.63, 3.8) is 0 Å². The molecule has 0 spiro atoms. The molecular weight excluding hydrogens is 813 g/mol. The monoisotopic (exact) mass is 913 g/mol. The van der Waals surface area contributed by atoms with Crippen LogP contribution in [0.4, 0.5) is 0 Å². The van der Waals surface area contributed by atoms with Crippen LogP contribution in [0.3, 0.4) is 0 Å². The molecule has 1 rings (SSSR count). The van der Waals surface area contributed by atoms with Crippen LogP contribution in [0.1, 0.15) is 260 Å². The van der Waals surface area contributed by atoms with Crippen LogP contribution in [0, 0.1) is 19.3 Å². The van der Waals surface area contributed by atoms with Crippen molar-refractivity contribution in [3.8, 4) is 0 Å². The first-order chi connectivity index (χ1) is 29.3. The fourth-order valence-electron chi connectivity index (χ4n) is 7.37. The molecule has 2 N–H and O–H groups in total. The van der Waals surface area contributed by atoms with Crippen molar-refractivity contribution in [2.24, 2.45) is 5.41 Å². The number of rotatable bonds is 34. The van der Waals surface area contributed by atoms with Gasteiger partial charge in [-0.05, 0) is 60.7 Å². The zero-order valence-corrected chi connectivity index (χ0v) is 43.5. The summed E-state index contributed by atoms with van der Waals surface area (Å²) in [5.74, 6) is -0.0672. The van der Waals surface area contributed by atoms with E-state index >= 15 is 0 Å². The van der Waals surface area contributed by atoms with E-state index in [4.69, 9.17) is 8.43 Å². The first-order valence-corrected chi connectivity index (χ1v) is 26.9. The van der Waals surface area contributed by atoms with E-state index in [2.05, 4.69) is 47.8 Å². The number of Topliss-reactive ketones (excluding diaryl/α,β-unsaturated/α-hetero) is 1. The van der Waals surface area contributed by atoms with Crippen LogP contribution < -0.4 is 0 Å². The predicted octanol–water partition coefficient (Wildman–Crippen LogP) is 17.2. The molecule has 1 aliphatic carbocycles. The van der Waals surface area contributed by atoms with E-state index in [9.17, 15) is 17.8 Å². The Bertz CT molecular complexity index is 1160. The second kappa shape index (κ2) is 49.8. The van der Waals surface area contributed by atoms with Gasteiger partial charge in [-0.15, -0.1) is 0 Å². The van der Waals surface area contributed by atoms with Crippen LogP contribution in [0.5, 0.6) is 0 Å². The molecule has 0 radical (unpaired) electrons. The van der Waals surface area contributed by atoms with Crippen LogP contribution in [-0.2, 0) is 38.6 Å². The van der Waals surface area contributed by atoms with E-state index in [1.165, 1.54) is 166 Å². The maximum atomic E-state index is 13.5. The molecule has 0 aliphatic heterocycles. The van der Waals surface area contributed by atoms with E-state index in [1.54, 1.807) is 0 Å². The molecule has 0 amide bonds. The third kappa shape index (κ3) is 46.6. The number of allylic oxidation sites excluding steroid dienone is 6. The van der Waals surface area contributed by atoms with Gasteiger partial charge in [0.05, 0.1) is 4.91 Å². The molecule has 0 fully saturated rings. The number of carbonyl (C=O) groups excluding carboxylic acids is 1. The van der Waals surface area contributed by atoms with Gasteiger partial charge in [0.1, 0.15) is 0 Å². The Balaban J connectivity index is -0.00000101. The summed E-state index contributed by atoms with van der Waals surface area (Å²) in [6.45, 7) is 26.0. The Kier molecular flexibility index (Phi) is 54.1. The minimum absolute atomic E-state index is 0.00678. The summed E-state index contributed by atoms with van der Waals surface area (Å²) >= 11 is 0.750. The van der Waals surface area contributed by atoms with Crippen molar-refractivity contribution in [3.05, 3.63) is 60.8 Å². The van der Waals surface area contributed by atoms with Gasteiger partial charge in [-0.3, -0.25) is 9.35 Å². The molecule has 0 unspecified atom stereocenters. The summed E-state index contributed by atoms with van der Waals surface area (Å²) < 4.78 is 43.7. The molecule has 0 heterocycles. The molecule has 6 nitrogen and oxygen atoms in total. The molecule has 0 aromatic rings. The Hall–Kier alpha value is -1.25. The summed E-state index contributed by atoms with van der Waals surface area (Å²) in [5.41, 5.74) is 2.76. The van der Waals surface area contributed by atoms with E-state index in [-0.39, 0.29) is 29.1 Å². The van der Waals surface area contributed by atoms with Gasteiger partial charge in [0.15, 0.2) is 5.78 Å². The summed E-state index contributed by atoms with van der Waals surface area (Å²) in [6, 6.07) is 0. The van der Waals surface area contributed by atoms with Crippen molar-refractivity contribution in [1.29, 1.82) is 0 Å². The normalized spacial score (nSPS) is 12.6. The van der Waals surface area contributed by atoms with E-state index in [0.29, 0.717) is 6.42 Å². The topological polar surface area (TPSA) is 109 Å². The van der Waals surface area contributed by atoms with Gasteiger partial charge in [0.2, 0.25) is 0 Å². The first kappa shape index (κ1) is 66.4. The van der Waals surface area contributed by atoms with Crippen LogP contribution in [0.15, 0.2) is 46.9 Å². The van der Waals surface area contributed by atoms with Gasteiger partial charge in [-0.1, -0.05) is 215 Å². The van der Waals surface area contributed by atoms with Gasteiger partial charge < -0.3 is 5.11 Å². The fourth-order valence-corrected chi connectivity index (χ4v) is 8.22. The number of hydrogen-bond acceptors (Lipinski definition) is 5. The zero-order chi connectivity index (χ0) is 47.0. The van der Waals surface area contributed by atoms with Crippen molar-refractivity contribution in [1.82, 2.24) is 0 Å². The Morgan fingerprint density at radius 2 is 0.738 bits per heavy atom. The predicted molar refractivity (Wildman–Crippen MR) is 263 cm³/mol. The quantitative estimate of drug-likeness (QED) is 0.0288. The number of ketones is 1. The fraction of sp³-hybridized carbons (Fsp3) is 0.792. The molecule has 0 aromatic heterocycles. The van der Waals surface area contributed by atoms with Gasteiger partial charge in [0, 0.05) is 13.0 Å². The Morgan fingerprint density at radius 1 is 0.525 bits per heavy atom. The third-order valence-corrected chi connectivity index (χ3v) is 11.9. The molecule has 61 heavy (non-hydrogen) atoms. The van der Waals surface area contributed by atoms with Gasteiger partial charge in [-0.25, -0.2) is 39.2 Å². The Morgan fingerprint density at radius 3 is 0.967 bits per heavy atom. The van der Waals surface area contributed by atoms with Crippen molar-refractivity contribution in [2.45, 2.75) is 260 Å². The zero-order valence-electron chi connectivity index (χ0n) is 41.2. The number of aliphatic hydroxyl groups excluding tert-OH is 1. The van der Waals surface area contributed by atoms with Crippen molar-refractivity contribution >= 4 is 15.9 Å². The number of hydrogen-bond donors (Lipinski definition) is 2. The second-order valence-electron chi connectivity index (χ2n) is 18.0. The number of unbranched alkanes of at least 4 members (excludes halogenated alkanes) is 27. The number of aliphatic hydroxyl groups is 1. The molecule has 0 saturated carbocycles. The second-order valence-corrected chi connectivity index (χ2v) is 19.5. The average molecular weight is 913 g/mol. The SMILES string of the molecule is C=C[CH2-].C=C[CH2-].CC(C)(C)CO.CCCCCCCCCCCCC1=C(CCCCCCCCCCCC)C(CCCCCCCCCCCC)=C(S(=O)(=O)O)CC1=O.[O]=[Ti+2]. The molecule has 358 valence electrons. The van der Waals surface area contributed by atoms with Crippen LogP contribution in [-0.4, -0.2) is 30.5 Å². The molecule has 0 bridgehead atoms. The third-order valence-electron chi connectivity index (χ3n) is 10.8. The first-order valence-electron chi connectivity index (χ1n) is 24.8. The van der Waals surface area contributed by atoms with Crippen LogP contribution in [0.25, 0.3) is 0 Å². The standard InChI is InChI=1S/C42H78O4S.C5H12O.2C3H5.O.Ti/c1-4-7-10-13-16-19-22-25-28-31-34-38-39(35-32-29-26-23-20-17-14-11-8-5-2)41(43)37-42(47(44,45)46)40(38)36-33-30-27-24-21-18-15-12-9-6-3;1-5(2,3)4-6;2*1-3-2;;/h4-37H2,1-3H3,(H,44,45,46);6H,4H2,1-3H3;2*3H,1-2H2;;/q;;2*-1;;+2.